The van der Waals surface area contributed by atoms with Gasteiger partial charge in [0, 0.05) is 12.7 Å². The molecule has 1 unspecified atom stereocenters. The van der Waals surface area contributed by atoms with E-state index in [2.05, 4.69) is 26.8 Å². The molecule has 0 aliphatic carbocycles. The highest BCUT2D eigenvalue weighted by atomic mass is 16.5. The van der Waals surface area contributed by atoms with E-state index < -0.39 is 0 Å². The molecule has 1 aromatic rings. The average Bonchev–Trinajstić information content (AvgIpc) is 2.41. The molecule has 3 nitrogen and oxygen atoms in total. The highest BCUT2D eigenvalue weighted by Gasteiger charge is 2.35. The number of hydrogen-bond donors (Lipinski definition) is 1. The SMILES string of the molecule is CCC(CC)(OC)C(N)c1cc(C)ccc1OC. The lowest BCUT2D eigenvalue weighted by Crippen LogP contribution is -2.42. The molecule has 0 aromatic heterocycles. The number of methoxy groups -OCH3 is 2. The fraction of sp³-hybridized carbons (Fsp3) is 0.600. The Bertz CT molecular complexity index is 378. The minimum Gasteiger partial charge on any atom is -0.496 e. The molecular formula is C15H25NO2. The zero-order valence-corrected chi connectivity index (χ0v) is 12.1. The second kappa shape index (κ2) is 6.21. The lowest BCUT2D eigenvalue weighted by atomic mass is 9.83. The van der Waals surface area contributed by atoms with Gasteiger partial charge in [-0.05, 0) is 25.8 Å². The molecule has 0 aliphatic rings. The first-order valence-corrected chi connectivity index (χ1v) is 6.49. The van der Waals surface area contributed by atoms with E-state index in [4.69, 9.17) is 15.2 Å². The summed E-state index contributed by atoms with van der Waals surface area (Å²) in [6.07, 6.45) is 1.75. The van der Waals surface area contributed by atoms with Gasteiger partial charge in [0.25, 0.3) is 0 Å². The van der Waals surface area contributed by atoms with Gasteiger partial charge in [-0.2, -0.15) is 0 Å². The number of nitrogens with two attached hydrogens (primary N) is 1. The van der Waals surface area contributed by atoms with E-state index in [1.807, 2.05) is 12.1 Å². The second-order valence-corrected chi connectivity index (χ2v) is 4.70. The molecule has 0 fully saturated rings. The maximum absolute atomic E-state index is 6.45. The lowest BCUT2D eigenvalue weighted by Gasteiger charge is -2.37. The largest absolute Gasteiger partial charge is 0.496 e. The Morgan fingerprint density at radius 2 is 1.83 bits per heavy atom. The molecule has 0 saturated carbocycles. The van der Waals surface area contributed by atoms with Crippen LogP contribution in [-0.2, 0) is 4.74 Å². The van der Waals surface area contributed by atoms with E-state index in [1.165, 1.54) is 5.56 Å². The molecule has 0 saturated heterocycles. The number of hydrogen-bond acceptors (Lipinski definition) is 3. The lowest BCUT2D eigenvalue weighted by molar-refractivity contribution is -0.0390. The van der Waals surface area contributed by atoms with Crippen LogP contribution < -0.4 is 10.5 Å². The zero-order chi connectivity index (χ0) is 13.8. The van der Waals surface area contributed by atoms with E-state index in [-0.39, 0.29) is 11.6 Å². The van der Waals surface area contributed by atoms with Crippen LogP contribution in [0.3, 0.4) is 0 Å². The van der Waals surface area contributed by atoms with Crippen molar-refractivity contribution in [3.63, 3.8) is 0 Å². The molecule has 1 atom stereocenters. The molecule has 0 amide bonds. The molecule has 3 heteroatoms. The molecule has 0 bridgehead atoms. The van der Waals surface area contributed by atoms with Crippen molar-refractivity contribution in [2.45, 2.75) is 45.3 Å². The van der Waals surface area contributed by atoms with Crippen molar-refractivity contribution in [2.75, 3.05) is 14.2 Å². The van der Waals surface area contributed by atoms with Crippen molar-refractivity contribution in [1.82, 2.24) is 0 Å². The van der Waals surface area contributed by atoms with Crippen molar-refractivity contribution >= 4 is 0 Å². The summed E-state index contributed by atoms with van der Waals surface area (Å²) in [5.41, 5.74) is 8.31. The Morgan fingerprint density at radius 3 is 2.28 bits per heavy atom. The van der Waals surface area contributed by atoms with Crippen molar-refractivity contribution in [3.05, 3.63) is 29.3 Å². The van der Waals surface area contributed by atoms with Crippen LogP contribution in [0, 0.1) is 6.92 Å². The van der Waals surface area contributed by atoms with Crippen LogP contribution in [0.1, 0.15) is 43.9 Å². The molecule has 0 radical (unpaired) electrons. The smallest absolute Gasteiger partial charge is 0.123 e. The first-order chi connectivity index (χ1) is 8.54. The van der Waals surface area contributed by atoms with Crippen LogP contribution in [0.2, 0.25) is 0 Å². The van der Waals surface area contributed by atoms with Gasteiger partial charge in [0.1, 0.15) is 5.75 Å². The fourth-order valence-electron chi connectivity index (χ4n) is 2.49. The third-order valence-corrected chi connectivity index (χ3v) is 3.89. The first kappa shape index (κ1) is 15.0. The summed E-state index contributed by atoms with van der Waals surface area (Å²) in [6.45, 7) is 6.27. The fourth-order valence-corrected chi connectivity index (χ4v) is 2.49. The molecule has 2 N–H and O–H groups in total. The summed E-state index contributed by atoms with van der Waals surface area (Å²) in [6, 6.07) is 5.90. The Balaban J connectivity index is 3.23. The molecule has 1 aromatic carbocycles. The Morgan fingerprint density at radius 1 is 1.22 bits per heavy atom. The minimum absolute atomic E-state index is 0.188. The van der Waals surface area contributed by atoms with E-state index in [9.17, 15) is 0 Å². The van der Waals surface area contributed by atoms with Crippen molar-refractivity contribution in [3.8, 4) is 5.75 Å². The van der Waals surface area contributed by atoms with Gasteiger partial charge in [0.15, 0.2) is 0 Å². The predicted octanol–water partition coefficient (Wildman–Crippen LogP) is 3.21. The zero-order valence-electron chi connectivity index (χ0n) is 12.1. The number of rotatable bonds is 6. The van der Waals surface area contributed by atoms with Gasteiger partial charge in [0.05, 0.1) is 18.8 Å². The maximum atomic E-state index is 6.45. The molecule has 0 heterocycles. The van der Waals surface area contributed by atoms with Gasteiger partial charge in [-0.25, -0.2) is 0 Å². The van der Waals surface area contributed by atoms with Gasteiger partial charge in [-0.3, -0.25) is 0 Å². The van der Waals surface area contributed by atoms with Gasteiger partial charge in [0.2, 0.25) is 0 Å². The third-order valence-electron chi connectivity index (χ3n) is 3.89. The quantitative estimate of drug-likeness (QED) is 0.844. The topological polar surface area (TPSA) is 44.5 Å². The predicted molar refractivity (Wildman–Crippen MR) is 75.0 cm³/mol. The van der Waals surface area contributed by atoms with Crippen LogP contribution in [0.15, 0.2) is 18.2 Å². The van der Waals surface area contributed by atoms with Gasteiger partial charge in [-0.1, -0.05) is 31.5 Å². The van der Waals surface area contributed by atoms with Crippen LogP contribution in [0.25, 0.3) is 0 Å². The third kappa shape index (κ3) is 2.68. The summed E-state index contributed by atoms with van der Waals surface area (Å²) >= 11 is 0. The van der Waals surface area contributed by atoms with E-state index in [0.29, 0.717) is 0 Å². The molecule has 18 heavy (non-hydrogen) atoms. The van der Waals surface area contributed by atoms with Crippen LogP contribution >= 0.6 is 0 Å². The Labute approximate surface area is 110 Å². The second-order valence-electron chi connectivity index (χ2n) is 4.70. The maximum Gasteiger partial charge on any atom is 0.123 e. The molecule has 0 aliphatic heterocycles. The molecular weight excluding hydrogens is 226 g/mol. The highest BCUT2D eigenvalue weighted by molar-refractivity contribution is 5.40. The monoisotopic (exact) mass is 251 g/mol. The minimum atomic E-state index is -0.332. The van der Waals surface area contributed by atoms with Gasteiger partial charge >= 0.3 is 0 Å². The molecule has 102 valence electrons. The van der Waals surface area contributed by atoms with Crippen molar-refractivity contribution < 1.29 is 9.47 Å². The van der Waals surface area contributed by atoms with E-state index in [0.717, 1.165) is 24.2 Å². The summed E-state index contributed by atoms with van der Waals surface area (Å²) in [5.74, 6) is 0.830. The normalized spacial score (nSPS) is 13.4. The first-order valence-electron chi connectivity index (χ1n) is 6.49. The van der Waals surface area contributed by atoms with Crippen LogP contribution in [0.4, 0.5) is 0 Å². The number of benzene rings is 1. The Kier molecular flexibility index (Phi) is 5.17. The van der Waals surface area contributed by atoms with Crippen molar-refractivity contribution in [2.24, 2.45) is 5.73 Å². The summed E-state index contributed by atoms with van der Waals surface area (Å²) in [5, 5.41) is 0. The van der Waals surface area contributed by atoms with Gasteiger partial charge < -0.3 is 15.2 Å². The average molecular weight is 251 g/mol. The highest BCUT2D eigenvalue weighted by Crippen LogP contribution is 2.37. The molecule has 0 spiro atoms. The van der Waals surface area contributed by atoms with E-state index in [1.54, 1.807) is 14.2 Å². The van der Waals surface area contributed by atoms with Crippen molar-refractivity contribution in [1.29, 1.82) is 0 Å². The molecule has 1 rings (SSSR count). The summed E-state index contributed by atoms with van der Waals surface area (Å²) in [4.78, 5) is 0. The van der Waals surface area contributed by atoms with E-state index >= 15 is 0 Å². The standard InChI is InChI=1S/C15H25NO2/c1-6-15(7-2,18-5)14(16)12-10-11(3)8-9-13(12)17-4/h8-10,14H,6-7,16H2,1-5H3. The summed E-state index contributed by atoms with van der Waals surface area (Å²) in [7, 11) is 3.41. The van der Waals surface area contributed by atoms with Crippen LogP contribution in [0.5, 0.6) is 5.75 Å². The number of aryl methyl sites for hydroxylation is 1. The number of ether oxygens (including phenoxy) is 2. The van der Waals surface area contributed by atoms with Gasteiger partial charge in [-0.15, -0.1) is 0 Å². The summed E-state index contributed by atoms with van der Waals surface area (Å²) < 4.78 is 11.1. The van der Waals surface area contributed by atoms with Crippen LogP contribution in [-0.4, -0.2) is 19.8 Å². The Hall–Kier alpha value is -1.06.